The van der Waals surface area contributed by atoms with Crippen molar-refractivity contribution in [2.75, 3.05) is 19.6 Å². The molecule has 0 amide bonds. The molecule has 0 radical (unpaired) electrons. The largest absolute Gasteiger partial charge is 0.329 e. The van der Waals surface area contributed by atoms with Crippen LogP contribution in [-0.2, 0) is 0 Å². The lowest BCUT2D eigenvalue weighted by molar-refractivity contribution is 0.656. The molecule has 0 bridgehead atoms. The molecule has 0 aliphatic carbocycles. The van der Waals surface area contributed by atoms with Crippen LogP contribution in [-0.4, -0.2) is 19.6 Å². The van der Waals surface area contributed by atoms with Crippen molar-refractivity contribution in [2.45, 2.75) is 59.3 Å². The molecule has 0 heterocycles. The molecule has 0 atom stereocenters. The van der Waals surface area contributed by atoms with Crippen LogP contribution in [0.3, 0.4) is 0 Å². The maximum atomic E-state index is 5.21. The van der Waals surface area contributed by atoms with Crippen molar-refractivity contribution in [3.05, 3.63) is 0 Å². The van der Waals surface area contributed by atoms with Crippen LogP contribution in [0, 0.1) is 0 Å². The van der Waals surface area contributed by atoms with Crippen LogP contribution in [0.4, 0.5) is 0 Å². The third kappa shape index (κ3) is 22.7. The number of unbranched alkanes of at least 4 members (excludes halogenated alkanes) is 4. The Morgan fingerprint density at radius 3 is 1.71 bits per heavy atom. The molecule has 0 aromatic carbocycles. The quantitative estimate of drug-likeness (QED) is 0.594. The van der Waals surface area contributed by atoms with Crippen LogP contribution >= 0.6 is 0 Å². The summed E-state index contributed by atoms with van der Waals surface area (Å²) in [7, 11) is 0. The minimum Gasteiger partial charge on any atom is -0.329 e. The molecule has 0 saturated carbocycles. The molecule has 0 saturated heterocycles. The van der Waals surface area contributed by atoms with Crippen molar-refractivity contribution in [3.8, 4) is 0 Å². The third-order valence-corrected chi connectivity index (χ3v) is 1.95. The maximum Gasteiger partial charge on any atom is 0.00744 e. The molecule has 2 nitrogen and oxygen atoms in total. The van der Waals surface area contributed by atoms with E-state index in [0.29, 0.717) is 0 Å². The summed E-state index contributed by atoms with van der Waals surface area (Å²) in [5.74, 6) is 0. The fraction of sp³-hybridized carbons (Fsp3) is 1.00. The fourth-order valence-electron chi connectivity index (χ4n) is 1.08. The standard InChI is InChI=1S/C7H16.C5H14N2/c1-3-5-7-6-4-2;1-2-4-7-5-3-6/h3-7H2,1-2H3;7H,2-6H2,1H3. The molecule has 0 aromatic rings. The van der Waals surface area contributed by atoms with Gasteiger partial charge in [0, 0.05) is 13.1 Å². The second kappa shape index (κ2) is 18.7. The number of hydrogen-bond donors (Lipinski definition) is 2. The highest BCUT2D eigenvalue weighted by atomic mass is 14.9. The number of hydrogen-bond acceptors (Lipinski definition) is 2. The van der Waals surface area contributed by atoms with Crippen LogP contribution in [0.25, 0.3) is 0 Å². The minimum absolute atomic E-state index is 0.750. The lowest BCUT2D eigenvalue weighted by Gasteiger charge is -1.95. The summed E-state index contributed by atoms with van der Waals surface area (Å²) >= 11 is 0. The van der Waals surface area contributed by atoms with Gasteiger partial charge in [0.25, 0.3) is 0 Å². The molecule has 0 spiro atoms. The molecule has 0 fully saturated rings. The molecule has 3 N–H and O–H groups in total. The van der Waals surface area contributed by atoms with Crippen LogP contribution in [0.15, 0.2) is 0 Å². The van der Waals surface area contributed by atoms with E-state index in [4.69, 9.17) is 5.73 Å². The minimum atomic E-state index is 0.750. The van der Waals surface area contributed by atoms with Crippen LogP contribution < -0.4 is 11.1 Å². The van der Waals surface area contributed by atoms with Crippen molar-refractivity contribution < 1.29 is 0 Å². The normalized spacial score (nSPS) is 9.43. The highest BCUT2D eigenvalue weighted by Crippen LogP contribution is 2.00. The SMILES string of the molecule is CCCCCCC.CCCNCCN. The third-order valence-electron chi connectivity index (χ3n) is 1.95. The van der Waals surface area contributed by atoms with Gasteiger partial charge in [0.15, 0.2) is 0 Å². The van der Waals surface area contributed by atoms with Gasteiger partial charge in [-0.15, -0.1) is 0 Å². The Morgan fingerprint density at radius 2 is 1.36 bits per heavy atom. The molecule has 0 aromatic heterocycles. The van der Waals surface area contributed by atoms with Crippen molar-refractivity contribution in [1.29, 1.82) is 0 Å². The summed E-state index contributed by atoms with van der Waals surface area (Å²) in [6.07, 6.45) is 8.20. The van der Waals surface area contributed by atoms with Gasteiger partial charge in [-0.3, -0.25) is 0 Å². The zero-order valence-electron chi connectivity index (χ0n) is 10.4. The topological polar surface area (TPSA) is 38.0 Å². The van der Waals surface area contributed by atoms with Crippen LogP contribution in [0.1, 0.15) is 59.3 Å². The smallest absolute Gasteiger partial charge is 0.00744 e. The molecule has 0 aliphatic rings. The van der Waals surface area contributed by atoms with Gasteiger partial charge in [-0.2, -0.15) is 0 Å². The number of rotatable bonds is 8. The maximum absolute atomic E-state index is 5.21. The number of nitrogens with two attached hydrogens (primary N) is 1. The van der Waals surface area contributed by atoms with Gasteiger partial charge in [0.2, 0.25) is 0 Å². The van der Waals surface area contributed by atoms with E-state index in [1.807, 2.05) is 0 Å². The fourth-order valence-corrected chi connectivity index (χ4v) is 1.08. The molecule has 0 aliphatic heterocycles. The molecule has 14 heavy (non-hydrogen) atoms. The van der Waals surface area contributed by atoms with E-state index in [0.717, 1.165) is 19.6 Å². The Hall–Kier alpha value is -0.0800. The summed E-state index contributed by atoms with van der Waals surface area (Å²) in [4.78, 5) is 0. The number of nitrogens with one attached hydrogen (secondary N) is 1. The Balaban J connectivity index is 0. The van der Waals surface area contributed by atoms with Crippen molar-refractivity contribution in [2.24, 2.45) is 5.73 Å². The second-order valence-corrected chi connectivity index (χ2v) is 3.60. The Kier molecular flexibility index (Phi) is 21.8. The van der Waals surface area contributed by atoms with Crippen molar-refractivity contribution in [1.82, 2.24) is 5.32 Å². The summed E-state index contributed by atoms with van der Waals surface area (Å²) < 4.78 is 0. The Bertz CT molecular complexity index is 56.7. The van der Waals surface area contributed by atoms with E-state index in [9.17, 15) is 0 Å². The predicted molar refractivity (Wildman–Crippen MR) is 66.6 cm³/mol. The zero-order chi connectivity index (χ0) is 11.1. The second-order valence-electron chi connectivity index (χ2n) is 3.60. The monoisotopic (exact) mass is 202 g/mol. The van der Waals surface area contributed by atoms with Gasteiger partial charge in [-0.25, -0.2) is 0 Å². The first-order chi connectivity index (χ1) is 6.83. The van der Waals surface area contributed by atoms with Gasteiger partial charge in [0.05, 0.1) is 0 Å². The summed E-state index contributed by atoms with van der Waals surface area (Å²) in [6.45, 7) is 9.43. The van der Waals surface area contributed by atoms with Gasteiger partial charge in [0.1, 0.15) is 0 Å². The van der Waals surface area contributed by atoms with Crippen LogP contribution in [0.5, 0.6) is 0 Å². The first-order valence-corrected chi connectivity index (χ1v) is 6.24. The van der Waals surface area contributed by atoms with Crippen molar-refractivity contribution in [3.63, 3.8) is 0 Å². The zero-order valence-corrected chi connectivity index (χ0v) is 10.4. The van der Waals surface area contributed by atoms with Gasteiger partial charge >= 0.3 is 0 Å². The first-order valence-electron chi connectivity index (χ1n) is 6.24. The molecular formula is C12H30N2. The Morgan fingerprint density at radius 1 is 0.786 bits per heavy atom. The molecule has 0 rings (SSSR count). The lowest BCUT2D eigenvalue weighted by atomic mass is 10.2. The van der Waals surface area contributed by atoms with E-state index in [1.165, 1.54) is 38.5 Å². The van der Waals surface area contributed by atoms with Gasteiger partial charge in [-0.05, 0) is 13.0 Å². The van der Waals surface area contributed by atoms with Gasteiger partial charge in [-0.1, -0.05) is 52.9 Å². The van der Waals surface area contributed by atoms with E-state index >= 15 is 0 Å². The highest BCUT2D eigenvalue weighted by molar-refractivity contribution is 4.42. The Labute approximate surface area is 90.6 Å². The molecule has 0 unspecified atom stereocenters. The molecular weight excluding hydrogens is 172 g/mol. The van der Waals surface area contributed by atoms with E-state index in [1.54, 1.807) is 0 Å². The van der Waals surface area contributed by atoms with Crippen LogP contribution in [0.2, 0.25) is 0 Å². The average Bonchev–Trinajstić information content (AvgIpc) is 2.21. The summed E-state index contributed by atoms with van der Waals surface area (Å²) in [5, 5.41) is 3.16. The average molecular weight is 202 g/mol. The first kappa shape index (κ1) is 16.4. The highest BCUT2D eigenvalue weighted by Gasteiger charge is 1.80. The van der Waals surface area contributed by atoms with Crippen molar-refractivity contribution >= 4 is 0 Å². The van der Waals surface area contributed by atoms with E-state index < -0.39 is 0 Å². The summed E-state index contributed by atoms with van der Waals surface area (Å²) in [5.41, 5.74) is 5.21. The summed E-state index contributed by atoms with van der Waals surface area (Å²) in [6, 6.07) is 0. The van der Waals surface area contributed by atoms with E-state index in [2.05, 4.69) is 26.1 Å². The van der Waals surface area contributed by atoms with E-state index in [-0.39, 0.29) is 0 Å². The lowest BCUT2D eigenvalue weighted by Crippen LogP contribution is -2.22. The molecule has 2 heteroatoms. The molecule has 88 valence electrons. The van der Waals surface area contributed by atoms with Gasteiger partial charge < -0.3 is 11.1 Å². The predicted octanol–water partition coefficient (Wildman–Crippen LogP) is 2.92.